The molecule has 2 aliphatic carbocycles. The summed E-state index contributed by atoms with van der Waals surface area (Å²) in [6.45, 7) is 1.87. The molecule has 0 aliphatic heterocycles. The van der Waals surface area contributed by atoms with Gasteiger partial charge in [-0.3, -0.25) is 0 Å². The van der Waals surface area contributed by atoms with Gasteiger partial charge in [0.15, 0.2) is 17.0 Å². The van der Waals surface area contributed by atoms with Crippen LogP contribution in [0.3, 0.4) is 0 Å². The summed E-state index contributed by atoms with van der Waals surface area (Å²) in [5, 5.41) is 3.29. The average molecular weight is 490 g/mol. The first-order valence-electron chi connectivity index (χ1n) is 12.0. The number of aromatic nitrogens is 4. The number of hydrogen-bond donors (Lipinski definition) is 1. The first-order valence-corrected chi connectivity index (χ1v) is 12.4. The van der Waals surface area contributed by atoms with Gasteiger partial charge in [0.1, 0.15) is 0 Å². The van der Waals surface area contributed by atoms with Gasteiger partial charge < -0.3 is 19.4 Å². The number of anilines is 1. The molecule has 0 bridgehead atoms. The van der Waals surface area contributed by atoms with Crippen LogP contribution in [-0.2, 0) is 22.7 Å². The van der Waals surface area contributed by atoms with E-state index in [0.29, 0.717) is 31.6 Å². The summed E-state index contributed by atoms with van der Waals surface area (Å²) in [6.07, 6.45) is 3.90. The van der Waals surface area contributed by atoms with Crippen molar-refractivity contribution in [2.75, 3.05) is 19.0 Å². The van der Waals surface area contributed by atoms with Gasteiger partial charge in [-0.2, -0.15) is 9.97 Å². The molecule has 2 aromatic carbocycles. The summed E-state index contributed by atoms with van der Waals surface area (Å²) < 4.78 is 15.0. The zero-order valence-electron chi connectivity index (χ0n) is 19.6. The van der Waals surface area contributed by atoms with Gasteiger partial charge >= 0.3 is 0 Å². The second kappa shape index (κ2) is 9.22. The number of nitrogens with one attached hydrogen (secondary N) is 1. The van der Waals surface area contributed by atoms with Gasteiger partial charge in [-0.05, 0) is 41.5 Å². The summed E-state index contributed by atoms with van der Waals surface area (Å²) in [7, 11) is 1.82. The van der Waals surface area contributed by atoms with E-state index in [0.717, 1.165) is 24.0 Å². The standard InChI is InChI=1S/C27H28ClN5O2/c1-29-24-23-25(32-26(28)31-24)33(17-30-23)21-12-22(35-15-19-10-6-3-7-11-19)27(13-20(21)27)16-34-14-18-8-4-2-5-9-18/h2-11,17,20-22H,12-16H2,1H3,(H,29,31,32)/t20-,21+,22+,27?/m1/s1. The van der Waals surface area contributed by atoms with E-state index in [1.54, 1.807) is 0 Å². The fourth-order valence-electron chi connectivity index (χ4n) is 5.67. The summed E-state index contributed by atoms with van der Waals surface area (Å²) in [5.74, 6) is 1.07. The molecular weight excluding hydrogens is 462 g/mol. The largest absolute Gasteiger partial charge is 0.376 e. The Morgan fingerprint density at radius 3 is 2.46 bits per heavy atom. The summed E-state index contributed by atoms with van der Waals surface area (Å²) in [5.41, 5.74) is 3.85. The van der Waals surface area contributed by atoms with E-state index in [1.807, 2.05) is 37.6 Å². The normalized spacial score (nSPS) is 25.0. The highest BCUT2D eigenvalue weighted by molar-refractivity contribution is 6.28. The molecule has 180 valence electrons. The Balaban J connectivity index is 1.25. The molecule has 6 rings (SSSR count). The van der Waals surface area contributed by atoms with Crippen LogP contribution in [0.4, 0.5) is 5.82 Å². The van der Waals surface area contributed by atoms with E-state index in [9.17, 15) is 0 Å². The Bertz CT molecular complexity index is 1320. The van der Waals surface area contributed by atoms with Gasteiger partial charge in [-0.15, -0.1) is 0 Å². The van der Waals surface area contributed by atoms with E-state index >= 15 is 0 Å². The number of imidazole rings is 1. The predicted molar refractivity (Wildman–Crippen MR) is 135 cm³/mol. The van der Waals surface area contributed by atoms with Crippen molar-refractivity contribution >= 4 is 28.6 Å². The third-order valence-corrected chi connectivity index (χ3v) is 7.67. The molecule has 2 fully saturated rings. The highest BCUT2D eigenvalue weighted by Crippen LogP contribution is 2.68. The molecule has 7 nitrogen and oxygen atoms in total. The van der Waals surface area contributed by atoms with Gasteiger partial charge in [-0.1, -0.05) is 60.7 Å². The minimum Gasteiger partial charge on any atom is -0.376 e. The smallest absolute Gasteiger partial charge is 0.226 e. The van der Waals surface area contributed by atoms with Crippen molar-refractivity contribution in [1.82, 2.24) is 19.5 Å². The number of nitrogens with zero attached hydrogens (tertiary/aromatic N) is 4. The molecule has 35 heavy (non-hydrogen) atoms. The molecule has 4 aromatic rings. The molecule has 0 radical (unpaired) electrons. The molecule has 1 unspecified atom stereocenters. The quantitative estimate of drug-likeness (QED) is 0.323. The Labute approximate surface area is 209 Å². The third-order valence-electron chi connectivity index (χ3n) is 7.50. The van der Waals surface area contributed by atoms with Crippen LogP contribution in [0.15, 0.2) is 67.0 Å². The number of benzene rings is 2. The van der Waals surface area contributed by atoms with Crippen LogP contribution in [0.5, 0.6) is 0 Å². The second-order valence-electron chi connectivity index (χ2n) is 9.53. The fourth-order valence-corrected chi connectivity index (χ4v) is 5.83. The lowest BCUT2D eigenvalue weighted by atomic mass is 10.0. The summed E-state index contributed by atoms with van der Waals surface area (Å²) in [6, 6.07) is 20.9. The van der Waals surface area contributed by atoms with Crippen LogP contribution < -0.4 is 5.32 Å². The van der Waals surface area contributed by atoms with Gasteiger partial charge in [0.25, 0.3) is 0 Å². The van der Waals surface area contributed by atoms with Crippen molar-refractivity contribution in [3.63, 3.8) is 0 Å². The first-order chi connectivity index (χ1) is 17.2. The van der Waals surface area contributed by atoms with Crippen LogP contribution >= 0.6 is 11.6 Å². The highest BCUT2D eigenvalue weighted by atomic mass is 35.5. The molecule has 2 aromatic heterocycles. The lowest BCUT2D eigenvalue weighted by molar-refractivity contribution is -0.0400. The van der Waals surface area contributed by atoms with Crippen LogP contribution in [0.1, 0.15) is 30.0 Å². The topological polar surface area (TPSA) is 74.1 Å². The zero-order valence-corrected chi connectivity index (χ0v) is 20.4. The van der Waals surface area contributed by atoms with Gasteiger partial charge in [0, 0.05) is 18.5 Å². The fraction of sp³-hybridized carbons (Fsp3) is 0.370. The molecule has 0 amide bonds. The van der Waals surface area contributed by atoms with Crippen LogP contribution in [0.2, 0.25) is 5.28 Å². The summed E-state index contributed by atoms with van der Waals surface area (Å²) >= 11 is 6.24. The second-order valence-corrected chi connectivity index (χ2v) is 9.86. The highest BCUT2D eigenvalue weighted by Gasteiger charge is 2.68. The van der Waals surface area contributed by atoms with E-state index < -0.39 is 0 Å². The molecule has 1 N–H and O–H groups in total. The zero-order chi connectivity index (χ0) is 23.8. The monoisotopic (exact) mass is 489 g/mol. The van der Waals surface area contributed by atoms with Crippen molar-refractivity contribution in [2.45, 2.75) is 38.2 Å². The number of ether oxygens (including phenoxy) is 2. The first kappa shape index (κ1) is 22.5. The van der Waals surface area contributed by atoms with Gasteiger partial charge in [0.2, 0.25) is 5.28 Å². The third kappa shape index (κ3) is 4.18. The Kier molecular flexibility index (Phi) is 5.92. The minimum absolute atomic E-state index is 0.00647. The molecular formula is C27H28ClN5O2. The molecule has 2 heterocycles. The minimum atomic E-state index is -0.00647. The number of fused-ring (bicyclic) bond motifs is 2. The van der Waals surface area contributed by atoms with Crippen molar-refractivity contribution in [3.05, 3.63) is 83.4 Å². The Morgan fingerprint density at radius 2 is 1.74 bits per heavy atom. The van der Waals surface area contributed by atoms with Crippen LogP contribution in [0.25, 0.3) is 11.2 Å². The van der Waals surface area contributed by atoms with Gasteiger partial charge in [-0.25, -0.2) is 4.98 Å². The molecule has 4 atom stereocenters. The van der Waals surface area contributed by atoms with Crippen molar-refractivity contribution in [2.24, 2.45) is 11.3 Å². The Hall–Kier alpha value is -3.00. The van der Waals surface area contributed by atoms with Crippen molar-refractivity contribution in [1.29, 1.82) is 0 Å². The predicted octanol–water partition coefficient (Wildman–Crippen LogP) is 5.27. The Morgan fingerprint density at radius 1 is 1.03 bits per heavy atom. The van der Waals surface area contributed by atoms with E-state index in [4.69, 9.17) is 21.1 Å². The maximum atomic E-state index is 6.57. The lowest BCUT2D eigenvalue weighted by Gasteiger charge is -2.24. The maximum Gasteiger partial charge on any atom is 0.226 e. The number of hydrogen-bond acceptors (Lipinski definition) is 6. The van der Waals surface area contributed by atoms with Crippen LogP contribution in [-0.4, -0.2) is 39.3 Å². The van der Waals surface area contributed by atoms with E-state index in [1.165, 1.54) is 11.1 Å². The van der Waals surface area contributed by atoms with Crippen molar-refractivity contribution in [3.8, 4) is 0 Å². The maximum absolute atomic E-state index is 6.57. The SMILES string of the molecule is CNc1nc(Cl)nc2c1ncn2[C@H]1C[C@H](OCc2ccccc2)C2(COCc3ccccc3)C[C@H]12. The summed E-state index contributed by atoms with van der Waals surface area (Å²) in [4.78, 5) is 13.4. The number of rotatable bonds is 9. The van der Waals surface area contributed by atoms with E-state index in [2.05, 4.69) is 61.2 Å². The molecule has 0 saturated heterocycles. The molecule has 2 saturated carbocycles. The number of halogens is 1. The van der Waals surface area contributed by atoms with Gasteiger partial charge in [0.05, 0.1) is 32.3 Å². The molecule has 2 aliphatic rings. The average Bonchev–Trinajstić information content (AvgIpc) is 3.33. The molecule has 8 heteroatoms. The van der Waals surface area contributed by atoms with Crippen molar-refractivity contribution < 1.29 is 9.47 Å². The van der Waals surface area contributed by atoms with E-state index in [-0.39, 0.29) is 22.8 Å². The lowest BCUT2D eigenvalue weighted by Crippen LogP contribution is -2.27. The molecule has 0 spiro atoms. The van der Waals surface area contributed by atoms with Crippen LogP contribution in [0, 0.1) is 11.3 Å².